The van der Waals surface area contributed by atoms with Crippen LogP contribution in [0.15, 0.2) is 30.3 Å². The molecule has 1 aliphatic rings. The molecule has 2 unspecified atom stereocenters. The molecule has 0 aliphatic carbocycles. The first-order valence-corrected chi connectivity index (χ1v) is 7.87. The summed E-state index contributed by atoms with van der Waals surface area (Å²) in [4.78, 5) is 2.68. The quantitative estimate of drug-likeness (QED) is 0.806. The van der Waals surface area contributed by atoms with Crippen LogP contribution >= 0.6 is 0 Å². The Bertz CT molecular complexity index is 350. The molecule has 2 nitrogen and oxygen atoms in total. The van der Waals surface area contributed by atoms with Crippen molar-refractivity contribution >= 4 is 0 Å². The molecule has 2 atom stereocenters. The molecule has 1 N–H and O–H groups in total. The van der Waals surface area contributed by atoms with Gasteiger partial charge < -0.3 is 5.32 Å². The van der Waals surface area contributed by atoms with Gasteiger partial charge in [-0.3, -0.25) is 4.90 Å². The van der Waals surface area contributed by atoms with Crippen LogP contribution in [0.2, 0.25) is 0 Å². The normalized spacial score (nSPS) is 21.7. The van der Waals surface area contributed by atoms with Crippen molar-refractivity contribution in [2.45, 2.75) is 51.6 Å². The monoisotopic (exact) mass is 260 g/mol. The third-order valence-corrected chi connectivity index (χ3v) is 4.23. The van der Waals surface area contributed by atoms with Crippen LogP contribution in [-0.2, 0) is 0 Å². The van der Waals surface area contributed by atoms with E-state index in [9.17, 15) is 0 Å². The summed E-state index contributed by atoms with van der Waals surface area (Å²) in [5.41, 5.74) is 1.43. The molecule has 0 bridgehead atoms. The van der Waals surface area contributed by atoms with Gasteiger partial charge in [-0.05, 0) is 44.3 Å². The van der Waals surface area contributed by atoms with Crippen molar-refractivity contribution in [3.8, 4) is 0 Å². The zero-order valence-corrected chi connectivity index (χ0v) is 12.4. The molecule has 19 heavy (non-hydrogen) atoms. The summed E-state index contributed by atoms with van der Waals surface area (Å²) in [7, 11) is 0. The summed E-state index contributed by atoms with van der Waals surface area (Å²) >= 11 is 0. The first-order chi connectivity index (χ1) is 9.35. The minimum Gasteiger partial charge on any atom is -0.309 e. The van der Waals surface area contributed by atoms with E-state index in [1.165, 1.54) is 37.8 Å². The summed E-state index contributed by atoms with van der Waals surface area (Å²) in [5.74, 6) is 0. The lowest BCUT2D eigenvalue weighted by atomic mass is 10.1. The second kappa shape index (κ2) is 7.66. The lowest BCUT2D eigenvalue weighted by molar-refractivity contribution is 0.221. The molecule has 1 aliphatic heterocycles. The van der Waals surface area contributed by atoms with Gasteiger partial charge in [0.1, 0.15) is 0 Å². The predicted octanol–water partition coefficient (Wildman–Crippen LogP) is 3.60. The van der Waals surface area contributed by atoms with Crippen LogP contribution in [0, 0.1) is 0 Å². The summed E-state index contributed by atoms with van der Waals surface area (Å²) in [6.45, 7) is 8.09. The number of rotatable bonds is 7. The zero-order valence-electron chi connectivity index (χ0n) is 12.4. The van der Waals surface area contributed by atoms with Gasteiger partial charge in [0.25, 0.3) is 0 Å². The van der Waals surface area contributed by atoms with Crippen LogP contribution in [0.1, 0.15) is 51.1 Å². The molecule has 0 aromatic heterocycles. The van der Waals surface area contributed by atoms with Gasteiger partial charge in [0.2, 0.25) is 0 Å². The zero-order chi connectivity index (χ0) is 13.5. The Balaban J connectivity index is 2.01. The molecule has 1 saturated heterocycles. The van der Waals surface area contributed by atoms with E-state index in [4.69, 9.17) is 0 Å². The lowest BCUT2D eigenvalue weighted by Gasteiger charge is -2.29. The Kier molecular flexibility index (Phi) is 5.87. The van der Waals surface area contributed by atoms with Gasteiger partial charge in [-0.25, -0.2) is 0 Å². The second-order valence-corrected chi connectivity index (χ2v) is 5.62. The number of hydrogen-bond donors (Lipinski definition) is 1. The van der Waals surface area contributed by atoms with E-state index in [-0.39, 0.29) is 0 Å². The predicted molar refractivity (Wildman–Crippen MR) is 82.4 cm³/mol. The van der Waals surface area contributed by atoms with Crippen LogP contribution in [0.3, 0.4) is 0 Å². The fraction of sp³-hybridized carbons (Fsp3) is 0.647. The van der Waals surface area contributed by atoms with Crippen molar-refractivity contribution in [3.63, 3.8) is 0 Å². The average molecular weight is 260 g/mol. The highest BCUT2D eigenvalue weighted by molar-refractivity contribution is 5.19. The van der Waals surface area contributed by atoms with Crippen molar-refractivity contribution in [1.29, 1.82) is 0 Å². The van der Waals surface area contributed by atoms with Crippen LogP contribution in [-0.4, -0.2) is 30.6 Å². The molecule has 0 spiro atoms. The Morgan fingerprint density at radius 1 is 1.26 bits per heavy atom. The van der Waals surface area contributed by atoms with Gasteiger partial charge in [-0.15, -0.1) is 0 Å². The molecule has 106 valence electrons. The fourth-order valence-corrected chi connectivity index (χ4v) is 3.12. The minimum absolute atomic E-state index is 0.480. The van der Waals surface area contributed by atoms with E-state index in [0.29, 0.717) is 6.04 Å². The van der Waals surface area contributed by atoms with Gasteiger partial charge in [0.05, 0.1) is 0 Å². The van der Waals surface area contributed by atoms with Gasteiger partial charge >= 0.3 is 0 Å². The van der Waals surface area contributed by atoms with Crippen molar-refractivity contribution in [2.75, 3.05) is 19.6 Å². The van der Waals surface area contributed by atoms with Crippen molar-refractivity contribution < 1.29 is 0 Å². The van der Waals surface area contributed by atoms with E-state index < -0.39 is 0 Å². The highest BCUT2D eigenvalue weighted by Gasteiger charge is 2.25. The molecule has 1 aromatic rings. The molecular formula is C17H28N2. The maximum atomic E-state index is 3.72. The first kappa shape index (κ1) is 14.5. The van der Waals surface area contributed by atoms with E-state index in [0.717, 1.165) is 19.1 Å². The van der Waals surface area contributed by atoms with Crippen LogP contribution in [0.25, 0.3) is 0 Å². The summed E-state index contributed by atoms with van der Waals surface area (Å²) in [6, 6.07) is 12.2. The highest BCUT2D eigenvalue weighted by atomic mass is 15.2. The molecule has 2 rings (SSSR count). The van der Waals surface area contributed by atoms with E-state index in [2.05, 4.69) is 54.4 Å². The van der Waals surface area contributed by atoms with Gasteiger partial charge in [-0.2, -0.15) is 0 Å². The Morgan fingerprint density at radius 3 is 2.74 bits per heavy atom. The van der Waals surface area contributed by atoms with Gasteiger partial charge in [-0.1, -0.05) is 44.2 Å². The molecular weight excluding hydrogens is 232 g/mol. The van der Waals surface area contributed by atoms with Crippen molar-refractivity contribution in [1.82, 2.24) is 10.2 Å². The number of benzene rings is 1. The maximum absolute atomic E-state index is 3.72. The molecule has 0 saturated carbocycles. The lowest BCUT2D eigenvalue weighted by Crippen LogP contribution is -2.38. The van der Waals surface area contributed by atoms with Crippen LogP contribution < -0.4 is 5.32 Å². The van der Waals surface area contributed by atoms with E-state index in [1.54, 1.807) is 0 Å². The minimum atomic E-state index is 0.480. The average Bonchev–Trinajstić information content (AvgIpc) is 2.91. The molecule has 1 heterocycles. The largest absolute Gasteiger partial charge is 0.309 e. The number of hydrogen-bond acceptors (Lipinski definition) is 2. The molecule has 0 amide bonds. The Labute approximate surface area is 118 Å². The van der Waals surface area contributed by atoms with Gasteiger partial charge in [0, 0.05) is 18.6 Å². The topological polar surface area (TPSA) is 15.3 Å². The molecule has 1 aromatic carbocycles. The molecule has 2 heteroatoms. The summed E-state index contributed by atoms with van der Waals surface area (Å²) in [6.07, 6.45) is 5.23. The highest BCUT2D eigenvalue weighted by Crippen LogP contribution is 2.23. The SMILES string of the molecule is CCCNC(CN1CCCC1CC)c1ccccc1. The fourth-order valence-electron chi connectivity index (χ4n) is 3.12. The Morgan fingerprint density at radius 2 is 2.05 bits per heavy atom. The van der Waals surface area contributed by atoms with Gasteiger partial charge in [0.15, 0.2) is 0 Å². The third-order valence-electron chi connectivity index (χ3n) is 4.23. The maximum Gasteiger partial charge on any atom is 0.0449 e. The number of likely N-dealkylation sites (tertiary alicyclic amines) is 1. The standard InChI is InChI=1S/C17H28N2/c1-3-12-18-17(15-9-6-5-7-10-15)14-19-13-8-11-16(19)4-2/h5-7,9-10,16-18H,3-4,8,11-14H2,1-2H3. The Hall–Kier alpha value is -0.860. The summed E-state index contributed by atoms with van der Waals surface area (Å²) in [5, 5.41) is 3.72. The van der Waals surface area contributed by atoms with Crippen LogP contribution in [0.5, 0.6) is 0 Å². The third kappa shape index (κ3) is 4.05. The summed E-state index contributed by atoms with van der Waals surface area (Å²) < 4.78 is 0. The van der Waals surface area contributed by atoms with Crippen molar-refractivity contribution in [3.05, 3.63) is 35.9 Å². The molecule has 1 fully saturated rings. The smallest absolute Gasteiger partial charge is 0.0449 e. The van der Waals surface area contributed by atoms with E-state index in [1.807, 2.05) is 0 Å². The number of nitrogens with one attached hydrogen (secondary N) is 1. The van der Waals surface area contributed by atoms with E-state index >= 15 is 0 Å². The first-order valence-electron chi connectivity index (χ1n) is 7.87. The number of nitrogens with zero attached hydrogens (tertiary/aromatic N) is 1. The van der Waals surface area contributed by atoms with Crippen molar-refractivity contribution in [2.24, 2.45) is 0 Å². The second-order valence-electron chi connectivity index (χ2n) is 5.62. The van der Waals surface area contributed by atoms with Crippen LogP contribution in [0.4, 0.5) is 0 Å². The molecule has 0 radical (unpaired) electrons.